The summed E-state index contributed by atoms with van der Waals surface area (Å²) in [5, 5.41) is 2.95. The highest BCUT2D eigenvalue weighted by molar-refractivity contribution is 7.20. The summed E-state index contributed by atoms with van der Waals surface area (Å²) in [6.45, 7) is 4.88. The molecular weight excluding hydrogens is 422 g/mol. The molecule has 1 aromatic carbocycles. The van der Waals surface area contributed by atoms with E-state index in [4.69, 9.17) is 4.74 Å². The van der Waals surface area contributed by atoms with Crippen molar-refractivity contribution >= 4 is 45.1 Å². The molecule has 0 fully saturated rings. The van der Waals surface area contributed by atoms with Gasteiger partial charge in [0.2, 0.25) is 5.91 Å². The van der Waals surface area contributed by atoms with Crippen LogP contribution in [-0.2, 0) is 20.8 Å². The number of carbonyl (C=O) groups excluding carboxylic acids is 3. The molecule has 0 atom stereocenters. The molecule has 10 heteroatoms. The number of aryl methyl sites for hydroxylation is 1. The Bertz CT molecular complexity index is 1210. The van der Waals surface area contributed by atoms with Crippen LogP contribution in [-0.4, -0.2) is 40.6 Å². The lowest BCUT2D eigenvalue weighted by molar-refractivity contribution is -0.116. The second-order valence-electron chi connectivity index (χ2n) is 6.99. The van der Waals surface area contributed by atoms with E-state index < -0.39 is 23.4 Å². The molecule has 1 amide bonds. The Hall–Kier alpha value is -3.53. The Morgan fingerprint density at radius 1 is 1.16 bits per heavy atom. The number of fused-ring (bicyclic) bond motifs is 1. The molecule has 0 aliphatic rings. The molecule has 0 unspecified atom stereocenters. The molecule has 162 valence electrons. The van der Waals surface area contributed by atoms with Crippen LogP contribution in [0.15, 0.2) is 35.4 Å². The third-order valence-corrected chi connectivity index (χ3v) is 5.53. The maximum atomic E-state index is 12.9. The number of ether oxygens (including phenoxy) is 2. The number of nitrogens with one attached hydrogen (secondary N) is 1. The molecule has 0 bridgehead atoms. The van der Waals surface area contributed by atoms with Crippen molar-refractivity contribution < 1.29 is 23.9 Å². The molecule has 3 aromatic rings. The van der Waals surface area contributed by atoms with E-state index in [0.717, 1.165) is 11.3 Å². The average Bonchev–Trinajstić information content (AvgIpc) is 3.07. The molecule has 0 spiro atoms. The van der Waals surface area contributed by atoms with Crippen LogP contribution < -0.4 is 10.9 Å². The number of esters is 2. The topological polar surface area (TPSA) is 117 Å². The third-order valence-electron chi connectivity index (χ3n) is 4.35. The quantitative estimate of drug-likeness (QED) is 0.582. The van der Waals surface area contributed by atoms with Crippen LogP contribution in [0.2, 0.25) is 0 Å². The highest BCUT2D eigenvalue weighted by atomic mass is 32.1. The molecule has 0 aliphatic carbocycles. The molecule has 2 aromatic heterocycles. The Labute approximate surface area is 181 Å². The van der Waals surface area contributed by atoms with E-state index in [1.807, 2.05) is 0 Å². The molecule has 0 radical (unpaired) electrons. The fourth-order valence-corrected chi connectivity index (χ4v) is 3.92. The summed E-state index contributed by atoms with van der Waals surface area (Å²) >= 11 is 1.09. The van der Waals surface area contributed by atoms with Gasteiger partial charge in [0.15, 0.2) is 0 Å². The van der Waals surface area contributed by atoms with Gasteiger partial charge in [0.1, 0.15) is 16.3 Å². The van der Waals surface area contributed by atoms with Gasteiger partial charge in [0.25, 0.3) is 5.56 Å². The van der Waals surface area contributed by atoms with Crippen LogP contribution in [0.25, 0.3) is 10.2 Å². The number of anilines is 1. The van der Waals surface area contributed by atoms with Crippen molar-refractivity contribution in [3.8, 4) is 0 Å². The summed E-state index contributed by atoms with van der Waals surface area (Å²) in [5.41, 5.74) is 0.881. The van der Waals surface area contributed by atoms with Crippen LogP contribution in [0, 0.1) is 6.92 Å². The summed E-state index contributed by atoms with van der Waals surface area (Å²) in [4.78, 5) is 54.0. The minimum absolute atomic E-state index is 0.262. The first kappa shape index (κ1) is 22.2. The fourth-order valence-electron chi connectivity index (χ4n) is 2.90. The minimum Gasteiger partial charge on any atom is -0.465 e. The van der Waals surface area contributed by atoms with E-state index >= 15 is 0 Å². The van der Waals surface area contributed by atoms with Crippen LogP contribution in [0.4, 0.5) is 5.69 Å². The highest BCUT2D eigenvalue weighted by Crippen LogP contribution is 2.27. The highest BCUT2D eigenvalue weighted by Gasteiger charge is 2.21. The maximum absolute atomic E-state index is 12.9. The summed E-state index contributed by atoms with van der Waals surface area (Å²) in [7, 11) is 1.28. The number of aromatic nitrogens is 2. The third kappa shape index (κ3) is 4.80. The molecular formula is C21H21N3O6S. The zero-order chi connectivity index (χ0) is 22.7. The van der Waals surface area contributed by atoms with Crippen molar-refractivity contribution in [2.45, 2.75) is 33.4 Å². The number of nitrogens with zero attached hydrogens (tertiary/aromatic N) is 2. The van der Waals surface area contributed by atoms with Gasteiger partial charge in [-0.2, -0.15) is 0 Å². The zero-order valence-corrected chi connectivity index (χ0v) is 18.2. The van der Waals surface area contributed by atoms with Gasteiger partial charge in [-0.3, -0.25) is 14.2 Å². The summed E-state index contributed by atoms with van der Waals surface area (Å²) in [6.07, 6.45) is 0.991. The van der Waals surface area contributed by atoms with Gasteiger partial charge < -0.3 is 14.8 Å². The van der Waals surface area contributed by atoms with E-state index in [9.17, 15) is 19.2 Å². The van der Waals surface area contributed by atoms with Crippen molar-refractivity contribution in [3.05, 3.63) is 57.0 Å². The SMILES string of the molecule is COC(=O)c1ccc(NC(=O)Cn2cnc3sc(C(=O)OC(C)C)c(C)c3c2=O)cc1. The monoisotopic (exact) mass is 443 g/mol. The first-order valence-corrected chi connectivity index (χ1v) is 10.2. The second-order valence-corrected chi connectivity index (χ2v) is 7.98. The number of hydrogen-bond acceptors (Lipinski definition) is 8. The first-order valence-electron chi connectivity index (χ1n) is 9.39. The van der Waals surface area contributed by atoms with E-state index in [0.29, 0.717) is 31.9 Å². The Balaban J connectivity index is 1.80. The standard InChI is InChI=1S/C21H21N3O6S/c1-11(2)30-21(28)17-12(3)16-18(31-17)22-10-24(19(16)26)9-15(25)23-14-7-5-13(6-8-14)20(27)29-4/h5-8,10-11H,9H2,1-4H3,(H,23,25). The maximum Gasteiger partial charge on any atom is 0.348 e. The van der Waals surface area contributed by atoms with Crippen molar-refractivity contribution in [2.24, 2.45) is 0 Å². The smallest absolute Gasteiger partial charge is 0.348 e. The van der Waals surface area contributed by atoms with Crippen molar-refractivity contribution in [1.29, 1.82) is 0 Å². The van der Waals surface area contributed by atoms with Crippen LogP contribution in [0.3, 0.4) is 0 Å². The van der Waals surface area contributed by atoms with E-state index in [1.54, 1.807) is 32.9 Å². The van der Waals surface area contributed by atoms with Crippen molar-refractivity contribution in [3.63, 3.8) is 0 Å². The zero-order valence-electron chi connectivity index (χ0n) is 17.4. The number of methoxy groups -OCH3 is 1. The predicted octanol–water partition coefficient (Wildman–Crippen LogP) is 2.76. The van der Waals surface area contributed by atoms with Gasteiger partial charge in [-0.15, -0.1) is 11.3 Å². The van der Waals surface area contributed by atoms with Crippen LogP contribution in [0.5, 0.6) is 0 Å². The van der Waals surface area contributed by atoms with Gasteiger partial charge in [-0.25, -0.2) is 14.6 Å². The van der Waals surface area contributed by atoms with Gasteiger partial charge in [-0.1, -0.05) is 0 Å². The van der Waals surface area contributed by atoms with Crippen LogP contribution >= 0.6 is 11.3 Å². The van der Waals surface area contributed by atoms with Crippen molar-refractivity contribution in [2.75, 3.05) is 12.4 Å². The van der Waals surface area contributed by atoms with Crippen LogP contribution in [0.1, 0.15) is 39.4 Å². The predicted molar refractivity (Wildman–Crippen MR) is 116 cm³/mol. The molecule has 9 nitrogen and oxygen atoms in total. The Morgan fingerprint density at radius 2 is 1.84 bits per heavy atom. The Morgan fingerprint density at radius 3 is 2.45 bits per heavy atom. The second kappa shape index (κ2) is 9.09. The van der Waals surface area contributed by atoms with E-state index in [2.05, 4.69) is 15.0 Å². The molecule has 31 heavy (non-hydrogen) atoms. The summed E-state index contributed by atoms with van der Waals surface area (Å²) < 4.78 is 11.0. The largest absolute Gasteiger partial charge is 0.465 e. The van der Waals surface area contributed by atoms with Gasteiger partial charge in [0, 0.05) is 5.69 Å². The fraction of sp³-hybridized carbons (Fsp3) is 0.286. The van der Waals surface area contributed by atoms with E-state index in [-0.39, 0.29) is 12.6 Å². The number of amides is 1. The molecule has 0 saturated heterocycles. The van der Waals surface area contributed by atoms with Gasteiger partial charge in [0.05, 0.1) is 30.5 Å². The number of benzene rings is 1. The summed E-state index contributed by atoms with van der Waals surface area (Å²) in [5.74, 6) is -1.43. The van der Waals surface area contributed by atoms with Gasteiger partial charge in [-0.05, 0) is 50.6 Å². The number of carbonyl (C=O) groups is 3. The lowest BCUT2D eigenvalue weighted by Crippen LogP contribution is -2.28. The van der Waals surface area contributed by atoms with Crippen molar-refractivity contribution in [1.82, 2.24) is 9.55 Å². The number of hydrogen-bond donors (Lipinski definition) is 1. The first-order chi connectivity index (χ1) is 14.7. The molecule has 1 N–H and O–H groups in total. The van der Waals surface area contributed by atoms with Gasteiger partial charge >= 0.3 is 11.9 Å². The summed E-state index contributed by atoms with van der Waals surface area (Å²) in [6, 6.07) is 6.16. The number of rotatable bonds is 6. The molecule has 2 heterocycles. The Kier molecular flexibility index (Phi) is 6.50. The molecule has 3 rings (SSSR count). The lowest BCUT2D eigenvalue weighted by atomic mass is 10.2. The lowest BCUT2D eigenvalue weighted by Gasteiger charge is -2.08. The van der Waals surface area contributed by atoms with E-state index in [1.165, 1.54) is 30.1 Å². The average molecular weight is 443 g/mol. The minimum atomic E-state index is -0.505. The number of thiophene rings is 1. The molecule has 0 saturated carbocycles. The molecule has 0 aliphatic heterocycles. The normalized spacial score (nSPS) is 10.9.